The van der Waals surface area contributed by atoms with Gasteiger partial charge in [-0.15, -0.1) is 0 Å². The molecule has 0 fully saturated rings. The Labute approximate surface area is 112 Å². The first-order valence-corrected chi connectivity index (χ1v) is 8.85. The third kappa shape index (κ3) is 3.54. The molecule has 0 heterocycles. The highest BCUT2D eigenvalue weighted by Crippen LogP contribution is 2.20. The van der Waals surface area contributed by atoms with E-state index in [-0.39, 0.29) is 11.5 Å². The van der Waals surface area contributed by atoms with Gasteiger partial charge >= 0.3 is 5.97 Å². The molecule has 0 aromatic heterocycles. The number of rotatable bonds is 5. The Morgan fingerprint density at radius 3 is 2.11 bits per heavy atom. The molecule has 19 heavy (non-hydrogen) atoms. The van der Waals surface area contributed by atoms with Crippen LogP contribution in [0.3, 0.4) is 0 Å². The second-order valence-corrected chi connectivity index (χ2v) is 8.23. The molecule has 1 aromatic rings. The molecule has 0 spiro atoms. The fourth-order valence-electron chi connectivity index (χ4n) is 1.48. The Balaban J connectivity index is 3.38. The number of hydrogen-bond donors (Lipinski definition) is 0. The monoisotopic (exact) mass is 306 g/mol. The number of carbonyl (C=O) groups is 1. The first kappa shape index (κ1) is 15.6. The summed E-state index contributed by atoms with van der Waals surface area (Å²) in [6.45, 7) is 1.36. The van der Waals surface area contributed by atoms with E-state index >= 15 is 0 Å². The predicted octanol–water partition coefficient (Wildman–Crippen LogP) is 0.394. The second-order valence-electron chi connectivity index (χ2n) is 3.77. The SMILES string of the molecule is CCOC(=O)C(S(C)(=O)=O)S(=O)(=O)c1ccccc1. The summed E-state index contributed by atoms with van der Waals surface area (Å²) in [5, 5.41) is 0. The lowest BCUT2D eigenvalue weighted by Gasteiger charge is -2.14. The van der Waals surface area contributed by atoms with Crippen molar-refractivity contribution in [3.05, 3.63) is 30.3 Å². The van der Waals surface area contributed by atoms with Crippen LogP contribution in [0.2, 0.25) is 0 Å². The lowest BCUT2D eigenvalue weighted by atomic mass is 10.4. The van der Waals surface area contributed by atoms with Crippen molar-refractivity contribution in [1.29, 1.82) is 0 Å². The van der Waals surface area contributed by atoms with Crippen LogP contribution >= 0.6 is 0 Å². The highest BCUT2D eigenvalue weighted by Gasteiger charge is 2.43. The Morgan fingerprint density at radius 2 is 1.68 bits per heavy atom. The number of ether oxygens (including phenoxy) is 1. The zero-order chi connectivity index (χ0) is 14.7. The quantitative estimate of drug-likeness (QED) is 0.731. The maximum absolute atomic E-state index is 12.2. The lowest BCUT2D eigenvalue weighted by molar-refractivity contribution is -0.140. The van der Waals surface area contributed by atoms with Crippen LogP contribution in [0.5, 0.6) is 0 Å². The van der Waals surface area contributed by atoms with Crippen LogP contribution in [-0.2, 0) is 29.2 Å². The molecule has 0 saturated carbocycles. The van der Waals surface area contributed by atoms with Gasteiger partial charge in [-0.25, -0.2) is 21.6 Å². The number of sulfone groups is 2. The standard InChI is InChI=1S/C11H14O6S2/c1-3-17-10(12)11(18(2,13)14)19(15,16)9-7-5-4-6-8-9/h4-8,11H,3H2,1-2H3. The average molecular weight is 306 g/mol. The van der Waals surface area contributed by atoms with Crippen molar-refractivity contribution in [2.45, 2.75) is 16.4 Å². The van der Waals surface area contributed by atoms with Crippen LogP contribution in [0.1, 0.15) is 6.92 Å². The zero-order valence-corrected chi connectivity index (χ0v) is 12.1. The number of esters is 1. The molecule has 1 rings (SSSR count). The molecule has 0 aliphatic heterocycles. The third-order valence-corrected chi connectivity index (χ3v) is 6.69. The fraction of sp³-hybridized carbons (Fsp3) is 0.364. The summed E-state index contributed by atoms with van der Waals surface area (Å²) in [5.74, 6) is -1.28. The summed E-state index contributed by atoms with van der Waals surface area (Å²) in [4.78, 5) is 11.4. The van der Waals surface area contributed by atoms with E-state index < -0.39 is 30.2 Å². The van der Waals surface area contributed by atoms with Crippen molar-refractivity contribution < 1.29 is 26.4 Å². The normalized spacial score (nSPS) is 13.8. The minimum absolute atomic E-state index is 0.102. The molecule has 0 bridgehead atoms. The van der Waals surface area contributed by atoms with E-state index in [1.807, 2.05) is 0 Å². The van der Waals surface area contributed by atoms with Crippen molar-refractivity contribution in [2.75, 3.05) is 12.9 Å². The summed E-state index contributed by atoms with van der Waals surface area (Å²) >= 11 is 0. The molecule has 0 amide bonds. The van der Waals surface area contributed by atoms with Crippen LogP contribution in [-0.4, -0.2) is 40.2 Å². The van der Waals surface area contributed by atoms with Gasteiger partial charge in [-0.2, -0.15) is 0 Å². The molecule has 1 aromatic carbocycles. The van der Waals surface area contributed by atoms with E-state index in [1.54, 1.807) is 6.07 Å². The van der Waals surface area contributed by atoms with Crippen LogP contribution in [0.15, 0.2) is 35.2 Å². The Bertz CT molecular complexity index is 646. The average Bonchev–Trinajstić information content (AvgIpc) is 2.28. The summed E-state index contributed by atoms with van der Waals surface area (Å²) in [6.07, 6.45) is 0.690. The van der Waals surface area contributed by atoms with Crippen molar-refractivity contribution >= 4 is 25.6 Å². The van der Waals surface area contributed by atoms with Gasteiger partial charge in [0, 0.05) is 6.26 Å². The first-order valence-electron chi connectivity index (χ1n) is 5.35. The molecule has 6 nitrogen and oxygen atoms in total. The summed E-state index contributed by atoms with van der Waals surface area (Å²) in [7, 11) is -8.50. The van der Waals surface area contributed by atoms with Gasteiger partial charge in [0.25, 0.3) is 4.58 Å². The van der Waals surface area contributed by atoms with Gasteiger partial charge in [-0.3, -0.25) is 0 Å². The molecule has 0 aliphatic rings. The van der Waals surface area contributed by atoms with Gasteiger partial charge < -0.3 is 4.74 Å². The van der Waals surface area contributed by atoms with Crippen molar-refractivity contribution in [3.8, 4) is 0 Å². The van der Waals surface area contributed by atoms with Crippen LogP contribution < -0.4 is 0 Å². The predicted molar refractivity (Wildman–Crippen MR) is 68.9 cm³/mol. The molecule has 0 N–H and O–H groups in total. The van der Waals surface area contributed by atoms with Gasteiger partial charge in [0.05, 0.1) is 11.5 Å². The minimum atomic E-state index is -4.34. The topological polar surface area (TPSA) is 94.6 Å². The number of hydrogen-bond acceptors (Lipinski definition) is 6. The Morgan fingerprint density at radius 1 is 1.16 bits per heavy atom. The molecule has 8 heteroatoms. The molecule has 0 saturated heterocycles. The molecular formula is C11H14O6S2. The highest BCUT2D eigenvalue weighted by atomic mass is 32.3. The summed E-state index contributed by atoms with van der Waals surface area (Å²) < 4.78 is 49.9. The maximum atomic E-state index is 12.2. The van der Waals surface area contributed by atoms with Crippen LogP contribution in [0.25, 0.3) is 0 Å². The van der Waals surface area contributed by atoms with Gasteiger partial charge in [-0.05, 0) is 19.1 Å². The van der Waals surface area contributed by atoms with Gasteiger partial charge in [0.15, 0.2) is 9.84 Å². The van der Waals surface area contributed by atoms with Gasteiger partial charge in [-0.1, -0.05) is 18.2 Å². The molecule has 0 aliphatic carbocycles. The third-order valence-electron chi connectivity index (χ3n) is 2.22. The van der Waals surface area contributed by atoms with Gasteiger partial charge in [0.1, 0.15) is 0 Å². The van der Waals surface area contributed by atoms with E-state index in [9.17, 15) is 21.6 Å². The second kappa shape index (κ2) is 5.70. The number of carbonyl (C=O) groups excluding carboxylic acids is 1. The lowest BCUT2D eigenvalue weighted by Crippen LogP contribution is -2.38. The zero-order valence-electron chi connectivity index (χ0n) is 10.4. The largest absolute Gasteiger partial charge is 0.464 e. The van der Waals surface area contributed by atoms with Crippen molar-refractivity contribution in [1.82, 2.24) is 0 Å². The van der Waals surface area contributed by atoms with Crippen molar-refractivity contribution in [3.63, 3.8) is 0 Å². The van der Waals surface area contributed by atoms with Crippen LogP contribution in [0, 0.1) is 0 Å². The maximum Gasteiger partial charge on any atom is 0.340 e. The van der Waals surface area contributed by atoms with E-state index in [0.717, 1.165) is 0 Å². The van der Waals surface area contributed by atoms with E-state index in [1.165, 1.54) is 31.2 Å². The smallest absolute Gasteiger partial charge is 0.340 e. The molecule has 106 valence electrons. The summed E-state index contributed by atoms with van der Waals surface area (Å²) in [5.41, 5.74) is 0. The highest BCUT2D eigenvalue weighted by molar-refractivity contribution is 8.09. The van der Waals surface area contributed by atoms with E-state index in [2.05, 4.69) is 4.74 Å². The molecule has 0 radical (unpaired) electrons. The Kier molecular flexibility index (Phi) is 4.70. The number of benzene rings is 1. The van der Waals surface area contributed by atoms with E-state index in [4.69, 9.17) is 0 Å². The molecular weight excluding hydrogens is 292 g/mol. The van der Waals surface area contributed by atoms with E-state index in [0.29, 0.717) is 6.26 Å². The Hall–Kier alpha value is -1.41. The van der Waals surface area contributed by atoms with Crippen LogP contribution in [0.4, 0.5) is 0 Å². The summed E-state index contributed by atoms with van der Waals surface area (Å²) in [6, 6.07) is 6.92. The van der Waals surface area contributed by atoms with Crippen molar-refractivity contribution in [2.24, 2.45) is 0 Å². The molecule has 1 unspecified atom stereocenters. The minimum Gasteiger partial charge on any atom is -0.464 e. The fourth-order valence-corrected chi connectivity index (χ4v) is 5.17. The molecule has 1 atom stereocenters. The first-order chi connectivity index (χ1) is 8.71. The van der Waals surface area contributed by atoms with Gasteiger partial charge in [0.2, 0.25) is 9.84 Å².